The minimum Gasteiger partial charge on any atom is -0.376 e. The number of rotatable bonds is 7. The van der Waals surface area contributed by atoms with Crippen molar-refractivity contribution >= 4 is 29.1 Å². The summed E-state index contributed by atoms with van der Waals surface area (Å²) in [6.07, 6.45) is 0. The lowest BCUT2D eigenvalue weighted by Crippen LogP contribution is -2.30. The summed E-state index contributed by atoms with van der Waals surface area (Å²) >= 11 is 0. The molecule has 0 radical (unpaired) electrons. The Morgan fingerprint density at radius 2 is 1.59 bits per heavy atom. The van der Waals surface area contributed by atoms with Gasteiger partial charge < -0.3 is 21.3 Å². The first-order valence-electron chi connectivity index (χ1n) is 8.66. The molecule has 0 heterocycles. The first-order valence-corrected chi connectivity index (χ1v) is 8.66. The number of amides is 3. The quantitative estimate of drug-likeness (QED) is 0.602. The Morgan fingerprint density at radius 3 is 2.22 bits per heavy atom. The fourth-order valence-electron chi connectivity index (χ4n) is 2.35. The predicted molar refractivity (Wildman–Crippen MR) is 106 cm³/mol. The van der Waals surface area contributed by atoms with Crippen molar-refractivity contribution in [2.45, 2.75) is 19.9 Å². The molecule has 2 rings (SSSR count). The first kappa shape index (κ1) is 20.0. The third-order valence-corrected chi connectivity index (χ3v) is 3.66. The summed E-state index contributed by atoms with van der Waals surface area (Å²) < 4.78 is 0. The van der Waals surface area contributed by atoms with Crippen molar-refractivity contribution < 1.29 is 14.4 Å². The number of carbonyl (C=O) groups is 3. The van der Waals surface area contributed by atoms with Crippen LogP contribution in [-0.2, 0) is 4.79 Å². The van der Waals surface area contributed by atoms with E-state index in [1.54, 1.807) is 55.6 Å². The molecule has 0 bridgehead atoms. The van der Waals surface area contributed by atoms with Crippen LogP contribution < -0.4 is 21.3 Å². The number of anilines is 2. The maximum Gasteiger partial charge on any atom is 0.251 e. The van der Waals surface area contributed by atoms with E-state index in [0.717, 1.165) is 0 Å². The second-order valence-corrected chi connectivity index (χ2v) is 6.27. The van der Waals surface area contributed by atoms with Crippen molar-refractivity contribution in [3.8, 4) is 0 Å². The third kappa shape index (κ3) is 6.14. The molecule has 7 nitrogen and oxygen atoms in total. The molecule has 0 saturated heterocycles. The van der Waals surface area contributed by atoms with E-state index in [9.17, 15) is 14.4 Å². The zero-order valence-corrected chi connectivity index (χ0v) is 15.6. The lowest BCUT2D eigenvalue weighted by atomic mass is 10.1. The smallest absolute Gasteiger partial charge is 0.251 e. The largest absolute Gasteiger partial charge is 0.376 e. The lowest BCUT2D eigenvalue weighted by Gasteiger charge is -2.11. The van der Waals surface area contributed by atoms with Crippen LogP contribution in [0.3, 0.4) is 0 Å². The summed E-state index contributed by atoms with van der Waals surface area (Å²) in [5.74, 6) is -0.579. The van der Waals surface area contributed by atoms with Crippen LogP contribution in [0.4, 0.5) is 11.4 Å². The molecular weight excluding hydrogens is 344 g/mol. The van der Waals surface area contributed by atoms with Crippen molar-refractivity contribution in [2.24, 2.45) is 0 Å². The molecule has 142 valence electrons. The topological polar surface area (TPSA) is 99.3 Å². The molecule has 0 saturated carbocycles. The first-order chi connectivity index (χ1) is 12.9. The monoisotopic (exact) mass is 368 g/mol. The normalized spacial score (nSPS) is 10.2. The van der Waals surface area contributed by atoms with Gasteiger partial charge in [-0.3, -0.25) is 14.4 Å². The molecular formula is C20H24N4O3. The van der Waals surface area contributed by atoms with Crippen LogP contribution in [0.25, 0.3) is 0 Å². The van der Waals surface area contributed by atoms with Crippen molar-refractivity contribution in [1.29, 1.82) is 0 Å². The van der Waals surface area contributed by atoms with E-state index >= 15 is 0 Å². The Bertz CT molecular complexity index is 816. The average molecular weight is 368 g/mol. The van der Waals surface area contributed by atoms with E-state index in [1.165, 1.54) is 0 Å². The molecule has 7 heteroatoms. The van der Waals surface area contributed by atoms with Crippen LogP contribution in [0.2, 0.25) is 0 Å². The number of hydrogen-bond acceptors (Lipinski definition) is 4. The summed E-state index contributed by atoms with van der Waals surface area (Å²) in [5.41, 5.74) is 2.32. The van der Waals surface area contributed by atoms with Gasteiger partial charge in [0, 0.05) is 35.6 Å². The van der Waals surface area contributed by atoms with Gasteiger partial charge in [-0.25, -0.2) is 0 Å². The Kier molecular flexibility index (Phi) is 6.93. The molecule has 0 unspecified atom stereocenters. The summed E-state index contributed by atoms with van der Waals surface area (Å²) in [5, 5.41) is 11.1. The SMILES string of the molecule is CNC(=O)c1ccc(NC(=O)CNc2cccc(C(=O)NC(C)C)c2)cc1. The summed E-state index contributed by atoms with van der Waals surface area (Å²) in [7, 11) is 1.56. The summed E-state index contributed by atoms with van der Waals surface area (Å²) in [6.45, 7) is 3.84. The maximum atomic E-state index is 12.1. The minimum atomic E-state index is -0.236. The van der Waals surface area contributed by atoms with Crippen LogP contribution in [0.15, 0.2) is 48.5 Å². The van der Waals surface area contributed by atoms with Crippen molar-refractivity contribution in [3.63, 3.8) is 0 Å². The highest BCUT2D eigenvalue weighted by atomic mass is 16.2. The van der Waals surface area contributed by atoms with Crippen molar-refractivity contribution in [2.75, 3.05) is 24.2 Å². The fraction of sp³-hybridized carbons (Fsp3) is 0.250. The summed E-state index contributed by atoms with van der Waals surface area (Å²) in [4.78, 5) is 35.6. The van der Waals surface area contributed by atoms with Crippen LogP contribution in [-0.4, -0.2) is 37.4 Å². The third-order valence-electron chi connectivity index (χ3n) is 3.66. The molecule has 2 aromatic carbocycles. The van der Waals surface area contributed by atoms with Gasteiger partial charge in [0.2, 0.25) is 5.91 Å². The Labute approximate surface area is 158 Å². The van der Waals surface area contributed by atoms with Crippen LogP contribution in [0.5, 0.6) is 0 Å². The highest BCUT2D eigenvalue weighted by molar-refractivity contribution is 5.97. The number of carbonyl (C=O) groups excluding carboxylic acids is 3. The molecule has 0 aromatic heterocycles. The van der Waals surface area contributed by atoms with Gasteiger partial charge in [-0.2, -0.15) is 0 Å². The van der Waals surface area contributed by atoms with E-state index in [1.807, 2.05) is 13.8 Å². The number of nitrogens with one attached hydrogen (secondary N) is 4. The van der Waals surface area contributed by atoms with Gasteiger partial charge in [0.1, 0.15) is 0 Å². The second-order valence-electron chi connectivity index (χ2n) is 6.27. The Hall–Kier alpha value is -3.35. The average Bonchev–Trinajstić information content (AvgIpc) is 2.66. The van der Waals surface area contributed by atoms with Gasteiger partial charge in [0.15, 0.2) is 0 Å². The molecule has 0 fully saturated rings. The van der Waals surface area contributed by atoms with Crippen molar-refractivity contribution in [3.05, 3.63) is 59.7 Å². The van der Waals surface area contributed by atoms with Gasteiger partial charge in [0.25, 0.3) is 11.8 Å². The van der Waals surface area contributed by atoms with Gasteiger partial charge in [-0.05, 0) is 56.3 Å². The molecule has 4 N–H and O–H groups in total. The molecule has 0 aliphatic heterocycles. The van der Waals surface area contributed by atoms with Crippen LogP contribution in [0.1, 0.15) is 34.6 Å². The highest BCUT2D eigenvalue weighted by Crippen LogP contribution is 2.12. The van der Waals surface area contributed by atoms with E-state index in [-0.39, 0.29) is 30.3 Å². The molecule has 0 spiro atoms. The van der Waals surface area contributed by atoms with Gasteiger partial charge >= 0.3 is 0 Å². The molecule has 3 amide bonds. The van der Waals surface area contributed by atoms with Gasteiger partial charge in [-0.15, -0.1) is 0 Å². The zero-order valence-electron chi connectivity index (χ0n) is 15.6. The Morgan fingerprint density at radius 1 is 0.889 bits per heavy atom. The number of hydrogen-bond donors (Lipinski definition) is 4. The molecule has 0 aliphatic carbocycles. The molecule has 27 heavy (non-hydrogen) atoms. The van der Waals surface area contributed by atoms with E-state index in [0.29, 0.717) is 22.5 Å². The Balaban J connectivity index is 1.90. The van der Waals surface area contributed by atoms with Crippen LogP contribution >= 0.6 is 0 Å². The second kappa shape index (κ2) is 9.38. The van der Waals surface area contributed by atoms with Crippen molar-refractivity contribution in [1.82, 2.24) is 10.6 Å². The maximum absolute atomic E-state index is 12.1. The molecule has 0 aliphatic rings. The fourth-order valence-corrected chi connectivity index (χ4v) is 2.35. The van der Waals surface area contributed by atoms with E-state index in [2.05, 4.69) is 21.3 Å². The van der Waals surface area contributed by atoms with Gasteiger partial charge in [0.05, 0.1) is 6.54 Å². The van der Waals surface area contributed by atoms with E-state index < -0.39 is 0 Å². The molecule has 0 atom stereocenters. The minimum absolute atomic E-state index is 0.0481. The predicted octanol–water partition coefficient (Wildman–Crippen LogP) is 2.23. The lowest BCUT2D eigenvalue weighted by molar-refractivity contribution is -0.114. The number of benzene rings is 2. The zero-order chi connectivity index (χ0) is 19.8. The van der Waals surface area contributed by atoms with E-state index in [4.69, 9.17) is 0 Å². The summed E-state index contributed by atoms with van der Waals surface area (Å²) in [6, 6.07) is 13.6. The van der Waals surface area contributed by atoms with Gasteiger partial charge in [-0.1, -0.05) is 6.07 Å². The standard InChI is InChI=1S/C20H24N4O3/c1-13(2)23-20(27)15-5-4-6-17(11-15)22-12-18(25)24-16-9-7-14(8-10-16)19(26)21-3/h4-11,13,22H,12H2,1-3H3,(H,21,26)(H,23,27)(H,24,25). The highest BCUT2D eigenvalue weighted by Gasteiger charge is 2.09. The van der Waals surface area contributed by atoms with Crippen LogP contribution in [0, 0.1) is 0 Å². The molecule has 2 aromatic rings.